The van der Waals surface area contributed by atoms with E-state index in [4.69, 9.17) is 9.15 Å². The van der Waals surface area contributed by atoms with Crippen molar-refractivity contribution in [2.45, 2.75) is 20.8 Å². The second-order valence-electron chi connectivity index (χ2n) is 6.50. The molecule has 0 aliphatic rings. The van der Waals surface area contributed by atoms with Crippen molar-refractivity contribution in [1.29, 1.82) is 0 Å². The Morgan fingerprint density at radius 2 is 1.93 bits per heavy atom. The molecule has 3 aromatic heterocycles. The Morgan fingerprint density at radius 3 is 2.68 bits per heavy atom. The lowest BCUT2D eigenvalue weighted by atomic mass is 10.1. The van der Waals surface area contributed by atoms with Gasteiger partial charge < -0.3 is 19.0 Å². The van der Waals surface area contributed by atoms with Crippen LogP contribution >= 0.6 is 0 Å². The van der Waals surface area contributed by atoms with E-state index in [1.54, 1.807) is 13.4 Å². The number of anilines is 2. The van der Waals surface area contributed by atoms with E-state index in [0.29, 0.717) is 23.5 Å². The highest BCUT2D eigenvalue weighted by Gasteiger charge is 2.15. The maximum atomic E-state index is 5.75. The van der Waals surface area contributed by atoms with Crippen LogP contribution in [0.25, 0.3) is 17.3 Å². The second-order valence-corrected chi connectivity index (χ2v) is 6.50. The summed E-state index contributed by atoms with van der Waals surface area (Å²) in [6, 6.07) is 10.1. The van der Waals surface area contributed by atoms with Gasteiger partial charge in [-0.1, -0.05) is 17.2 Å². The number of rotatable bonds is 5. The quantitative estimate of drug-likeness (QED) is 0.563. The molecule has 4 rings (SSSR count). The number of nitrogens with one attached hydrogen (secondary N) is 1. The molecule has 0 aliphatic carbocycles. The minimum absolute atomic E-state index is 0.304. The zero-order chi connectivity index (χ0) is 19.7. The van der Waals surface area contributed by atoms with Crippen molar-refractivity contribution in [1.82, 2.24) is 24.7 Å². The number of ether oxygens (including phenoxy) is 1. The normalized spacial score (nSPS) is 10.9. The summed E-state index contributed by atoms with van der Waals surface area (Å²) in [7, 11) is 1.57. The van der Waals surface area contributed by atoms with Gasteiger partial charge in [-0.2, -0.15) is 0 Å². The van der Waals surface area contributed by atoms with E-state index in [1.165, 1.54) is 0 Å². The summed E-state index contributed by atoms with van der Waals surface area (Å²) in [6.07, 6.45) is 3.62. The van der Waals surface area contributed by atoms with Gasteiger partial charge in [0, 0.05) is 11.9 Å². The largest absolute Gasteiger partial charge is 0.479 e. The highest BCUT2D eigenvalue weighted by atomic mass is 16.5. The van der Waals surface area contributed by atoms with Gasteiger partial charge in [0.25, 0.3) is 5.89 Å². The molecule has 8 nitrogen and oxygen atoms in total. The van der Waals surface area contributed by atoms with Crippen molar-refractivity contribution in [2.24, 2.45) is 0 Å². The Morgan fingerprint density at radius 1 is 1.07 bits per heavy atom. The van der Waals surface area contributed by atoms with Crippen molar-refractivity contribution in [3.8, 4) is 23.2 Å². The Hall–Kier alpha value is -3.68. The smallest absolute Gasteiger partial charge is 0.320 e. The Kier molecular flexibility index (Phi) is 4.52. The zero-order valence-electron chi connectivity index (χ0n) is 16.1. The van der Waals surface area contributed by atoms with E-state index >= 15 is 0 Å². The lowest BCUT2D eigenvalue weighted by molar-refractivity contribution is 0.396. The van der Waals surface area contributed by atoms with Crippen LogP contribution in [0.1, 0.15) is 16.8 Å². The lowest BCUT2D eigenvalue weighted by Gasteiger charge is -2.08. The number of aryl methyl sites for hydroxylation is 3. The van der Waals surface area contributed by atoms with Crippen LogP contribution in [0, 0.1) is 20.8 Å². The van der Waals surface area contributed by atoms with Crippen LogP contribution in [0.2, 0.25) is 0 Å². The summed E-state index contributed by atoms with van der Waals surface area (Å²) in [5.74, 6) is 0.747. The van der Waals surface area contributed by atoms with Crippen LogP contribution in [0.15, 0.2) is 47.3 Å². The molecule has 28 heavy (non-hydrogen) atoms. The summed E-state index contributed by atoms with van der Waals surface area (Å²) in [4.78, 5) is 8.74. The van der Waals surface area contributed by atoms with Crippen LogP contribution in [0.5, 0.6) is 5.88 Å². The molecule has 0 saturated carbocycles. The van der Waals surface area contributed by atoms with E-state index in [1.807, 2.05) is 55.8 Å². The fourth-order valence-corrected chi connectivity index (χ4v) is 2.81. The molecule has 0 unspecified atom stereocenters. The van der Waals surface area contributed by atoms with E-state index in [0.717, 1.165) is 28.2 Å². The molecule has 0 fully saturated rings. The number of methoxy groups -OCH3 is 1. The number of benzene rings is 1. The second kappa shape index (κ2) is 7.15. The van der Waals surface area contributed by atoms with Gasteiger partial charge in [-0.25, -0.2) is 9.97 Å². The van der Waals surface area contributed by atoms with E-state index < -0.39 is 0 Å². The topological polar surface area (TPSA) is 90.9 Å². The average molecular weight is 376 g/mol. The molecule has 0 amide bonds. The molecule has 0 bridgehead atoms. The van der Waals surface area contributed by atoms with E-state index in [9.17, 15) is 0 Å². The standard InChI is InChI=1S/C20H20N6O2/c1-12-5-6-13(2)16(9-12)23-20-25-24-18(28-20)15-7-8-17(19(22-15)27-4)26-10-14(3)21-11-26/h5-11H,1-4H3,(H,23,25). The molecule has 0 saturated heterocycles. The SMILES string of the molecule is COc1nc(-c2nnc(Nc3cc(C)ccc3C)o2)ccc1-n1cnc(C)c1. The minimum Gasteiger partial charge on any atom is -0.479 e. The first-order valence-corrected chi connectivity index (χ1v) is 8.77. The number of hydrogen-bond acceptors (Lipinski definition) is 7. The maximum Gasteiger partial charge on any atom is 0.320 e. The van der Waals surface area contributed by atoms with Crippen molar-refractivity contribution in [3.05, 3.63) is 59.7 Å². The van der Waals surface area contributed by atoms with Crippen LogP contribution in [0.4, 0.5) is 11.7 Å². The molecule has 1 aromatic carbocycles. The molecule has 0 radical (unpaired) electrons. The third kappa shape index (κ3) is 3.44. The van der Waals surface area contributed by atoms with Crippen molar-refractivity contribution < 1.29 is 9.15 Å². The van der Waals surface area contributed by atoms with Gasteiger partial charge in [-0.15, -0.1) is 5.10 Å². The monoisotopic (exact) mass is 376 g/mol. The zero-order valence-corrected chi connectivity index (χ0v) is 16.1. The fourth-order valence-electron chi connectivity index (χ4n) is 2.81. The van der Waals surface area contributed by atoms with Crippen LogP contribution in [-0.4, -0.2) is 31.8 Å². The Bertz CT molecular complexity index is 1130. The summed E-state index contributed by atoms with van der Waals surface area (Å²) in [6.45, 7) is 5.97. The summed E-state index contributed by atoms with van der Waals surface area (Å²) in [5, 5.41) is 11.3. The molecular formula is C20H20N6O2. The van der Waals surface area contributed by atoms with Crippen molar-refractivity contribution in [2.75, 3.05) is 12.4 Å². The van der Waals surface area contributed by atoms with E-state index in [2.05, 4.69) is 31.5 Å². The molecule has 3 heterocycles. The van der Waals surface area contributed by atoms with E-state index in [-0.39, 0.29) is 0 Å². The van der Waals surface area contributed by atoms with Gasteiger partial charge in [-0.05, 0) is 50.1 Å². The first-order valence-electron chi connectivity index (χ1n) is 8.77. The lowest BCUT2D eigenvalue weighted by Crippen LogP contribution is -1.99. The third-order valence-corrected chi connectivity index (χ3v) is 4.30. The molecule has 1 N–H and O–H groups in total. The molecule has 0 aliphatic heterocycles. The van der Waals surface area contributed by atoms with Crippen molar-refractivity contribution >= 4 is 11.7 Å². The predicted octanol–water partition coefficient (Wildman–Crippen LogP) is 3.99. The van der Waals surface area contributed by atoms with Crippen LogP contribution in [-0.2, 0) is 0 Å². The molecule has 142 valence electrons. The average Bonchev–Trinajstić information content (AvgIpc) is 3.33. The first-order chi connectivity index (χ1) is 13.5. The van der Waals surface area contributed by atoms with Crippen LogP contribution < -0.4 is 10.1 Å². The summed E-state index contributed by atoms with van der Waals surface area (Å²) >= 11 is 0. The number of nitrogens with zero attached hydrogens (tertiary/aromatic N) is 5. The number of hydrogen-bond donors (Lipinski definition) is 1. The van der Waals surface area contributed by atoms with Gasteiger partial charge in [0.2, 0.25) is 5.88 Å². The predicted molar refractivity (Wildman–Crippen MR) is 105 cm³/mol. The van der Waals surface area contributed by atoms with Gasteiger partial charge >= 0.3 is 6.01 Å². The molecule has 0 spiro atoms. The first kappa shape index (κ1) is 17.7. The number of pyridine rings is 1. The highest BCUT2D eigenvalue weighted by molar-refractivity contribution is 5.60. The highest BCUT2D eigenvalue weighted by Crippen LogP contribution is 2.27. The van der Waals surface area contributed by atoms with Gasteiger partial charge in [0.05, 0.1) is 19.1 Å². The maximum absolute atomic E-state index is 5.75. The third-order valence-electron chi connectivity index (χ3n) is 4.30. The number of aromatic nitrogens is 5. The molecule has 8 heteroatoms. The van der Waals surface area contributed by atoms with Crippen LogP contribution in [0.3, 0.4) is 0 Å². The Balaban J connectivity index is 1.62. The Labute approximate surface area is 162 Å². The molecule has 0 atom stereocenters. The fraction of sp³-hybridized carbons (Fsp3) is 0.200. The van der Waals surface area contributed by atoms with Gasteiger partial charge in [-0.3, -0.25) is 0 Å². The minimum atomic E-state index is 0.304. The number of imidazole rings is 1. The van der Waals surface area contributed by atoms with Gasteiger partial charge in [0.15, 0.2) is 0 Å². The molecule has 4 aromatic rings. The molecular weight excluding hydrogens is 356 g/mol. The van der Waals surface area contributed by atoms with Crippen molar-refractivity contribution in [3.63, 3.8) is 0 Å². The summed E-state index contributed by atoms with van der Waals surface area (Å²) in [5.41, 5.74) is 5.37. The van der Waals surface area contributed by atoms with Gasteiger partial charge in [0.1, 0.15) is 11.4 Å². The summed E-state index contributed by atoms with van der Waals surface area (Å²) < 4.78 is 13.0.